The van der Waals surface area contributed by atoms with Crippen molar-refractivity contribution in [1.29, 1.82) is 0 Å². The van der Waals surface area contributed by atoms with Crippen molar-refractivity contribution >= 4 is 11.6 Å². The molecule has 0 aliphatic carbocycles. The SMILES string of the molecule is Cc1cccc(C2CNC2)c1Cl. The lowest BCUT2D eigenvalue weighted by Crippen LogP contribution is -2.40. The summed E-state index contributed by atoms with van der Waals surface area (Å²) in [7, 11) is 0. The van der Waals surface area contributed by atoms with Gasteiger partial charge in [0, 0.05) is 24.0 Å². The first-order valence-corrected chi connectivity index (χ1v) is 4.62. The molecule has 1 aliphatic rings. The van der Waals surface area contributed by atoms with Crippen LogP contribution in [-0.2, 0) is 0 Å². The summed E-state index contributed by atoms with van der Waals surface area (Å²) in [5.41, 5.74) is 2.48. The fraction of sp³-hybridized carbons (Fsp3) is 0.400. The van der Waals surface area contributed by atoms with Crippen LogP contribution < -0.4 is 5.32 Å². The molecule has 0 atom stereocenters. The van der Waals surface area contributed by atoms with Gasteiger partial charge in [0.2, 0.25) is 0 Å². The molecule has 1 aromatic rings. The molecule has 1 N–H and O–H groups in total. The first-order valence-electron chi connectivity index (χ1n) is 4.25. The van der Waals surface area contributed by atoms with Crippen LogP contribution in [0.3, 0.4) is 0 Å². The molecule has 0 aromatic heterocycles. The number of halogens is 1. The Kier molecular flexibility index (Phi) is 2.07. The minimum atomic E-state index is 0.636. The van der Waals surface area contributed by atoms with E-state index >= 15 is 0 Å². The molecule has 0 bridgehead atoms. The smallest absolute Gasteiger partial charge is 0.0470 e. The molecule has 1 heterocycles. The number of benzene rings is 1. The zero-order valence-electron chi connectivity index (χ0n) is 7.10. The molecule has 0 unspecified atom stereocenters. The number of hydrogen-bond donors (Lipinski definition) is 1. The minimum absolute atomic E-state index is 0.636. The van der Waals surface area contributed by atoms with E-state index in [0.717, 1.165) is 18.1 Å². The summed E-state index contributed by atoms with van der Waals surface area (Å²) in [5, 5.41) is 4.20. The Morgan fingerprint density at radius 2 is 2.17 bits per heavy atom. The third-order valence-corrected chi connectivity index (χ3v) is 2.96. The molecule has 12 heavy (non-hydrogen) atoms. The Hall–Kier alpha value is -0.530. The van der Waals surface area contributed by atoms with Gasteiger partial charge in [-0.2, -0.15) is 0 Å². The first kappa shape index (κ1) is 8.09. The van der Waals surface area contributed by atoms with E-state index in [9.17, 15) is 0 Å². The molecule has 1 nitrogen and oxygen atoms in total. The molecule has 0 radical (unpaired) electrons. The highest BCUT2D eigenvalue weighted by Crippen LogP contribution is 2.29. The van der Waals surface area contributed by atoms with Gasteiger partial charge < -0.3 is 5.32 Å². The third-order valence-electron chi connectivity index (χ3n) is 2.44. The third kappa shape index (κ3) is 1.23. The quantitative estimate of drug-likeness (QED) is 0.702. The van der Waals surface area contributed by atoms with Crippen molar-refractivity contribution in [1.82, 2.24) is 5.32 Å². The standard InChI is InChI=1S/C10H12ClN/c1-7-3-2-4-9(10(7)11)8-5-12-6-8/h2-4,8,12H,5-6H2,1H3. The zero-order valence-corrected chi connectivity index (χ0v) is 7.86. The summed E-state index contributed by atoms with van der Waals surface area (Å²) in [6, 6.07) is 6.26. The second-order valence-electron chi connectivity index (χ2n) is 3.33. The normalized spacial score (nSPS) is 17.5. The molecule has 1 saturated heterocycles. The number of hydrogen-bond acceptors (Lipinski definition) is 1. The maximum absolute atomic E-state index is 6.17. The summed E-state index contributed by atoms with van der Waals surface area (Å²) in [4.78, 5) is 0. The highest BCUT2D eigenvalue weighted by atomic mass is 35.5. The predicted molar refractivity (Wildman–Crippen MR) is 51.8 cm³/mol. The highest BCUT2D eigenvalue weighted by molar-refractivity contribution is 6.32. The topological polar surface area (TPSA) is 12.0 Å². The molecule has 0 spiro atoms. The van der Waals surface area contributed by atoms with Crippen LogP contribution in [0, 0.1) is 6.92 Å². The number of nitrogens with one attached hydrogen (secondary N) is 1. The first-order chi connectivity index (χ1) is 5.79. The minimum Gasteiger partial charge on any atom is -0.315 e. The zero-order chi connectivity index (χ0) is 8.55. The van der Waals surface area contributed by atoms with Crippen molar-refractivity contribution in [3.8, 4) is 0 Å². The lowest BCUT2D eigenvalue weighted by atomic mass is 9.92. The van der Waals surface area contributed by atoms with Gasteiger partial charge in [0.05, 0.1) is 0 Å². The van der Waals surface area contributed by atoms with Gasteiger partial charge in [-0.3, -0.25) is 0 Å². The summed E-state index contributed by atoms with van der Waals surface area (Å²) >= 11 is 6.17. The van der Waals surface area contributed by atoms with Crippen LogP contribution in [0.2, 0.25) is 5.02 Å². The molecular weight excluding hydrogens is 170 g/mol. The van der Waals surface area contributed by atoms with Crippen LogP contribution in [0.25, 0.3) is 0 Å². The van der Waals surface area contributed by atoms with E-state index in [1.165, 1.54) is 11.1 Å². The van der Waals surface area contributed by atoms with Crippen molar-refractivity contribution in [3.63, 3.8) is 0 Å². The number of rotatable bonds is 1. The van der Waals surface area contributed by atoms with Gasteiger partial charge in [-0.15, -0.1) is 0 Å². The van der Waals surface area contributed by atoms with E-state index in [1.807, 2.05) is 0 Å². The van der Waals surface area contributed by atoms with E-state index in [1.54, 1.807) is 0 Å². The van der Waals surface area contributed by atoms with Gasteiger partial charge in [-0.05, 0) is 18.1 Å². The predicted octanol–water partition coefficient (Wildman–Crippen LogP) is 2.34. The fourth-order valence-electron chi connectivity index (χ4n) is 1.49. The molecule has 1 aromatic carbocycles. The second-order valence-corrected chi connectivity index (χ2v) is 3.71. The Labute approximate surface area is 77.7 Å². The van der Waals surface area contributed by atoms with Crippen LogP contribution in [0.15, 0.2) is 18.2 Å². The Bertz CT molecular complexity index is 292. The van der Waals surface area contributed by atoms with E-state index in [-0.39, 0.29) is 0 Å². The highest BCUT2D eigenvalue weighted by Gasteiger charge is 2.21. The summed E-state index contributed by atoms with van der Waals surface area (Å²) in [6.45, 7) is 4.20. The summed E-state index contributed by atoms with van der Waals surface area (Å²) in [6.07, 6.45) is 0. The van der Waals surface area contributed by atoms with Gasteiger partial charge in [0.15, 0.2) is 0 Å². The van der Waals surface area contributed by atoms with Crippen molar-refractivity contribution in [2.45, 2.75) is 12.8 Å². The molecule has 64 valence electrons. The largest absolute Gasteiger partial charge is 0.315 e. The molecule has 0 amide bonds. The van der Waals surface area contributed by atoms with E-state index in [4.69, 9.17) is 11.6 Å². The maximum Gasteiger partial charge on any atom is 0.0470 e. The van der Waals surface area contributed by atoms with Crippen LogP contribution >= 0.6 is 11.6 Å². The molecule has 0 saturated carbocycles. The second kappa shape index (κ2) is 3.08. The molecular formula is C10H12ClN. The maximum atomic E-state index is 6.17. The molecule has 2 heteroatoms. The van der Waals surface area contributed by atoms with Crippen LogP contribution in [0.5, 0.6) is 0 Å². The molecule has 1 aliphatic heterocycles. The summed E-state index contributed by atoms with van der Waals surface area (Å²) < 4.78 is 0. The Morgan fingerprint density at radius 3 is 2.75 bits per heavy atom. The van der Waals surface area contributed by atoms with Gasteiger partial charge in [-0.1, -0.05) is 29.8 Å². The van der Waals surface area contributed by atoms with E-state index < -0.39 is 0 Å². The van der Waals surface area contributed by atoms with Crippen LogP contribution in [0.1, 0.15) is 17.0 Å². The van der Waals surface area contributed by atoms with Gasteiger partial charge in [0.25, 0.3) is 0 Å². The van der Waals surface area contributed by atoms with Crippen molar-refractivity contribution in [2.24, 2.45) is 0 Å². The molecule has 2 rings (SSSR count). The average molecular weight is 182 g/mol. The van der Waals surface area contributed by atoms with Crippen molar-refractivity contribution in [3.05, 3.63) is 34.3 Å². The van der Waals surface area contributed by atoms with Crippen LogP contribution in [-0.4, -0.2) is 13.1 Å². The van der Waals surface area contributed by atoms with Gasteiger partial charge in [0.1, 0.15) is 0 Å². The fourth-order valence-corrected chi connectivity index (χ4v) is 1.77. The molecule has 1 fully saturated rings. The average Bonchev–Trinajstić information content (AvgIpc) is 1.95. The monoisotopic (exact) mass is 181 g/mol. The lowest BCUT2D eigenvalue weighted by Gasteiger charge is -2.28. The number of aryl methyl sites for hydroxylation is 1. The van der Waals surface area contributed by atoms with Crippen molar-refractivity contribution < 1.29 is 0 Å². The van der Waals surface area contributed by atoms with Gasteiger partial charge in [-0.25, -0.2) is 0 Å². The summed E-state index contributed by atoms with van der Waals surface area (Å²) in [5.74, 6) is 0.636. The van der Waals surface area contributed by atoms with E-state index in [0.29, 0.717) is 5.92 Å². The van der Waals surface area contributed by atoms with Crippen molar-refractivity contribution in [2.75, 3.05) is 13.1 Å². The lowest BCUT2D eigenvalue weighted by molar-refractivity contribution is 0.448. The van der Waals surface area contributed by atoms with Gasteiger partial charge >= 0.3 is 0 Å². The van der Waals surface area contributed by atoms with Crippen LogP contribution in [0.4, 0.5) is 0 Å². The Balaban J connectivity index is 2.36. The van der Waals surface area contributed by atoms with E-state index in [2.05, 4.69) is 30.4 Å². The Morgan fingerprint density at radius 1 is 1.42 bits per heavy atom.